The second kappa shape index (κ2) is 7.76. The van der Waals surface area contributed by atoms with E-state index in [9.17, 15) is 0 Å². The van der Waals surface area contributed by atoms with E-state index < -0.39 is 0 Å². The second-order valence-corrected chi connectivity index (χ2v) is 10.1. The van der Waals surface area contributed by atoms with Gasteiger partial charge in [0.15, 0.2) is 0 Å². The van der Waals surface area contributed by atoms with E-state index in [0.717, 1.165) is 33.6 Å². The first-order valence-electron chi connectivity index (χ1n) is 12.4. The van der Waals surface area contributed by atoms with Crippen LogP contribution >= 0.6 is 0 Å². The summed E-state index contributed by atoms with van der Waals surface area (Å²) in [6.07, 6.45) is 0. The zero-order chi connectivity index (χ0) is 24.4. The first-order chi connectivity index (χ1) is 17.5. The number of hydrogen-bond donors (Lipinski definition) is 3. The molecule has 0 unspecified atom stereocenters. The second-order valence-electron chi connectivity index (χ2n) is 10.1. The SMILES string of the molecule is Cc1ccc2[nH]c(-c3cc(-c4cc5cc(C)ccc5[nH]4)cc(-c4cc5cc(C)ccc5[nH]4)c3)cc2c1. The molecule has 174 valence electrons. The van der Waals surface area contributed by atoms with Crippen LogP contribution in [0.2, 0.25) is 0 Å². The van der Waals surface area contributed by atoms with Gasteiger partial charge in [-0.2, -0.15) is 0 Å². The van der Waals surface area contributed by atoms with E-state index in [4.69, 9.17) is 0 Å². The molecule has 0 saturated heterocycles. The Morgan fingerprint density at radius 3 is 0.972 bits per heavy atom. The summed E-state index contributed by atoms with van der Waals surface area (Å²) in [7, 11) is 0. The summed E-state index contributed by atoms with van der Waals surface area (Å²) in [4.78, 5) is 10.9. The van der Waals surface area contributed by atoms with E-state index in [0.29, 0.717) is 0 Å². The lowest BCUT2D eigenvalue weighted by Crippen LogP contribution is -1.86. The molecule has 0 aliphatic carbocycles. The highest BCUT2D eigenvalue weighted by atomic mass is 14.7. The third-order valence-corrected chi connectivity index (χ3v) is 7.19. The molecule has 0 fully saturated rings. The van der Waals surface area contributed by atoms with Gasteiger partial charge in [0.25, 0.3) is 0 Å². The standard InChI is InChI=1S/C33H27N3/c1-19-4-7-28-22(10-19)16-31(34-28)25-13-26(32-17-23-11-20(2)5-8-29(23)35-32)15-27(14-25)33-18-24-12-21(3)6-9-30(24)36-33/h4-18,34-36H,1-3H3. The minimum atomic E-state index is 1.12. The first kappa shape index (κ1) is 20.8. The van der Waals surface area contributed by atoms with Gasteiger partial charge in [0.1, 0.15) is 0 Å². The zero-order valence-corrected chi connectivity index (χ0v) is 20.7. The molecule has 7 aromatic rings. The Labute approximate surface area is 209 Å². The predicted molar refractivity (Wildman–Crippen MR) is 153 cm³/mol. The lowest BCUT2D eigenvalue weighted by atomic mass is 9.99. The molecular formula is C33H27N3. The van der Waals surface area contributed by atoms with Crippen LogP contribution in [0.4, 0.5) is 0 Å². The van der Waals surface area contributed by atoms with Crippen LogP contribution < -0.4 is 0 Å². The highest BCUT2D eigenvalue weighted by molar-refractivity contribution is 5.92. The summed E-state index contributed by atoms with van der Waals surface area (Å²) in [5.74, 6) is 0. The number of benzene rings is 4. The monoisotopic (exact) mass is 465 g/mol. The highest BCUT2D eigenvalue weighted by Gasteiger charge is 2.13. The Hall–Kier alpha value is -4.50. The molecule has 36 heavy (non-hydrogen) atoms. The van der Waals surface area contributed by atoms with Crippen molar-refractivity contribution < 1.29 is 0 Å². The largest absolute Gasteiger partial charge is 0.355 e. The van der Waals surface area contributed by atoms with E-state index in [2.05, 4.69) is 127 Å². The van der Waals surface area contributed by atoms with Crippen molar-refractivity contribution in [3.05, 3.63) is 108 Å². The minimum Gasteiger partial charge on any atom is -0.355 e. The maximum Gasteiger partial charge on any atom is 0.0465 e. The van der Waals surface area contributed by atoms with Crippen LogP contribution in [0.15, 0.2) is 91.0 Å². The molecule has 0 aliphatic rings. The van der Waals surface area contributed by atoms with Crippen LogP contribution in [0.5, 0.6) is 0 Å². The van der Waals surface area contributed by atoms with Crippen molar-refractivity contribution in [3.63, 3.8) is 0 Å². The number of aromatic amines is 3. The number of nitrogens with one attached hydrogen (secondary N) is 3. The number of hydrogen-bond acceptors (Lipinski definition) is 0. The van der Waals surface area contributed by atoms with Crippen molar-refractivity contribution in [3.8, 4) is 33.8 Å². The number of aryl methyl sites for hydroxylation is 3. The fraction of sp³-hybridized carbons (Fsp3) is 0.0909. The molecule has 0 amide bonds. The Kier molecular flexibility index (Phi) is 4.49. The summed E-state index contributed by atoms with van der Waals surface area (Å²) in [6, 6.07) is 33.3. The van der Waals surface area contributed by atoms with Crippen LogP contribution in [0, 0.1) is 20.8 Å². The summed E-state index contributed by atoms with van der Waals surface area (Å²) in [6.45, 7) is 6.42. The van der Waals surface area contributed by atoms with Crippen molar-refractivity contribution in [1.29, 1.82) is 0 Å². The number of fused-ring (bicyclic) bond motifs is 3. The van der Waals surface area contributed by atoms with Gasteiger partial charge in [0.2, 0.25) is 0 Å². The van der Waals surface area contributed by atoms with E-state index in [1.165, 1.54) is 49.5 Å². The third kappa shape index (κ3) is 3.52. The van der Waals surface area contributed by atoms with Gasteiger partial charge in [-0.1, -0.05) is 34.9 Å². The van der Waals surface area contributed by atoms with E-state index in [1.807, 2.05) is 0 Å². The average Bonchev–Trinajstić information content (AvgIpc) is 3.59. The van der Waals surface area contributed by atoms with Gasteiger partial charge in [0.05, 0.1) is 0 Å². The molecule has 0 aliphatic heterocycles. The number of rotatable bonds is 3. The van der Waals surface area contributed by atoms with Crippen LogP contribution in [0.25, 0.3) is 66.5 Å². The molecular weight excluding hydrogens is 438 g/mol. The summed E-state index contributed by atoms with van der Waals surface area (Å²) in [5, 5.41) is 3.71. The number of aromatic nitrogens is 3. The quantitative estimate of drug-likeness (QED) is 0.233. The molecule has 7 rings (SSSR count). The summed E-state index contributed by atoms with van der Waals surface area (Å²) >= 11 is 0. The van der Waals surface area contributed by atoms with Gasteiger partial charge < -0.3 is 15.0 Å². The predicted octanol–water partition coefficient (Wildman–Crippen LogP) is 9.06. The molecule has 0 radical (unpaired) electrons. The minimum absolute atomic E-state index is 1.12. The van der Waals surface area contributed by atoms with Crippen LogP contribution in [0.3, 0.4) is 0 Å². The fourth-order valence-corrected chi connectivity index (χ4v) is 5.32. The molecule has 0 spiro atoms. The van der Waals surface area contributed by atoms with Gasteiger partial charge in [-0.15, -0.1) is 0 Å². The van der Waals surface area contributed by atoms with Gasteiger partial charge >= 0.3 is 0 Å². The normalized spacial score (nSPS) is 11.8. The molecule has 3 heterocycles. The molecule has 0 atom stereocenters. The Bertz CT molecular complexity index is 1690. The Morgan fingerprint density at radius 2 is 0.667 bits per heavy atom. The Balaban J connectivity index is 1.44. The molecule has 4 aromatic carbocycles. The van der Waals surface area contributed by atoms with E-state index in [-0.39, 0.29) is 0 Å². The van der Waals surface area contributed by atoms with Crippen molar-refractivity contribution in [2.24, 2.45) is 0 Å². The molecule has 0 saturated carbocycles. The number of H-pyrrole nitrogens is 3. The van der Waals surface area contributed by atoms with Crippen LogP contribution in [0.1, 0.15) is 16.7 Å². The van der Waals surface area contributed by atoms with E-state index in [1.54, 1.807) is 0 Å². The fourth-order valence-electron chi connectivity index (χ4n) is 5.32. The maximum atomic E-state index is 3.64. The van der Waals surface area contributed by atoms with Crippen molar-refractivity contribution in [1.82, 2.24) is 15.0 Å². The van der Waals surface area contributed by atoms with Gasteiger partial charge in [-0.05, 0) is 110 Å². The van der Waals surface area contributed by atoms with Crippen molar-refractivity contribution in [2.75, 3.05) is 0 Å². The Morgan fingerprint density at radius 1 is 0.361 bits per heavy atom. The molecule has 3 heteroatoms. The molecule has 0 bridgehead atoms. The first-order valence-corrected chi connectivity index (χ1v) is 12.4. The lowest BCUT2D eigenvalue weighted by Gasteiger charge is -2.08. The third-order valence-electron chi connectivity index (χ3n) is 7.19. The van der Waals surface area contributed by atoms with Crippen LogP contribution in [-0.2, 0) is 0 Å². The lowest BCUT2D eigenvalue weighted by molar-refractivity contribution is 1.40. The smallest absolute Gasteiger partial charge is 0.0465 e. The highest BCUT2D eigenvalue weighted by Crippen LogP contribution is 2.35. The summed E-state index contributed by atoms with van der Waals surface area (Å²) < 4.78 is 0. The summed E-state index contributed by atoms with van der Waals surface area (Å²) in [5.41, 5.74) is 14.1. The van der Waals surface area contributed by atoms with Crippen LogP contribution in [-0.4, -0.2) is 15.0 Å². The van der Waals surface area contributed by atoms with Crippen molar-refractivity contribution in [2.45, 2.75) is 20.8 Å². The van der Waals surface area contributed by atoms with Gasteiger partial charge in [0, 0.05) is 49.8 Å². The average molecular weight is 466 g/mol. The molecule has 3 N–H and O–H groups in total. The van der Waals surface area contributed by atoms with E-state index >= 15 is 0 Å². The maximum absolute atomic E-state index is 3.64. The topological polar surface area (TPSA) is 47.4 Å². The molecule has 3 nitrogen and oxygen atoms in total. The van der Waals surface area contributed by atoms with Crippen molar-refractivity contribution >= 4 is 32.7 Å². The van der Waals surface area contributed by atoms with Gasteiger partial charge in [-0.25, -0.2) is 0 Å². The molecule has 3 aromatic heterocycles. The zero-order valence-electron chi connectivity index (χ0n) is 20.7. The van der Waals surface area contributed by atoms with Gasteiger partial charge in [-0.3, -0.25) is 0 Å².